The Hall–Kier alpha value is -0.780. The Labute approximate surface area is 143 Å². The lowest BCUT2D eigenvalue weighted by atomic mass is 9.44. The molecule has 0 heteroatoms. The first-order valence-electron chi connectivity index (χ1n) is 9.90. The van der Waals surface area contributed by atoms with E-state index < -0.39 is 0 Å². The van der Waals surface area contributed by atoms with E-state index in [1.54, 1.807) is 16.7 Å². The van der Waals surface area contributed by atoms with Crippen LogP contribution < -0.4 is 0 Å². The maximum Gasteiger partial charge on any atom is -0.00878 e. The third kappa shape index (κ3) is 2.02. The number of fused-ring (bicyclic) bond motifs is 5. The molecule has 4 aliphatic carbocycles. The Balaban J connectivity index is 1.69. The zero-order valence-corrected chi connectivity index (χ0v) is 15.5. The first-order valence-corrected chi connectivity index (χ1v) is 9.90. The zero-order chi connectivity index (χ0) is 16.4. The van der Waals surface area contributed by atoms with E-state index in [1.807, 2.05) is 0 Å². The van der Waals surface area contributed by atoms with Crippen molar-refractivity contribution in [1.29, 1.82) is 0 Å². The van der Waals surface area contributed by atoms with Crippen molar-refractivity contribution in [3.8, 4) is 0 Å². The SMILES string of the molecule is C=C1CC2C3CCC(=C)C3(C)CCC2C2(C)CCC(=CC)CC12. The summed E-state index contributed by atoms with van der Waals surface area (Å²) in [6.45, 7) is 16.4. The minimum absolute atomic E-state index is 0.438. The molecule has 4 aliphatic rings. The number of rotatable bonds is 0. The molecular formula is C23H34. The van der Waals surface area contributed by atoms with Gasteiger partial charge in [-0.05, 0) is 92.8 Å². The van der Waals surface area contributed by atoms with Crippen molar-refractivity contribution in [3.05, 3.63) is 36.0 Å². The molecule has 0 aromatic rings. The van der Waals surface area contributed by atoms with Gasteiger partial charge in [-0.2, -0.15) is 0 Å². The standard InChI is InChI=1S/C23H34/c1-6-17-9-11-23(5)20-10-12-22(4)16(3)7-8-19(22)18(20)13-15(2)21(23)14-17/h6,18-21H,2-3,7-14H2,1,4-5H3. The summed E-state index contributed by atoms with van der Waals surface area (Å²) in [6.07, 6.45) is 13.2. The van der Waals surface area contributed by atoms with Crippen LogP contribution in [0.25, 0.3) is 0 Å². The van der Waals surface area contributed by atoms with Gasteiger partial charge < -0.3 is 0 Å². The number of hydrogen-bond donors (Lipinski definition) is 0. The van der Waals surface area contributed by atoms with E-state index >= 15 is 0 Å². The fourth-order valence-electron chi connectivity index (χ4n) is 7.26. The molecule has 4 saturated carbocycles. The second-order valence-corrected chi connectivity index (χ2v) is 9.55. The van der Waals surface area contributed by atoms with Crippen molar-refractivity contribution in [2.24, 2.45) is 34.5 Å². The summed E-state index contributed by atoms with van der Waals surface area (Å²) in [4.78, 5) is 0. The summed E-state index contributed by atoms with van der Waals surface area (Å²) in [6, 6.07) is 0. The Bertz CT molecular complexity index is 579. The van der Waals surface area contributed by atoms with Gasteiger partial charge in [-0.15, -0.1) is 0 Å². The molecule has 4 rings (SSSR count). The monoisotopic (exact) mass is 310 g/mol. The topological polar surface area (TPSA) is 0 Å². The van der Waals surface area contributed by atoms with Gasteiger partial charge in [0, 0.05) is 0 Å². The molecule has 0 N–H and O–H groups in total. The van der Waals surface area contributed by atoms with Crippen molar-refractivity contribution in [2.75, 3.05) is 0 Å². The molecule has 6 atom stereocenters. The van der Waals surface area contributed by atoms with Gasteiger partial charge in [-0.25, -0.2) is 0 Å². The van der Waals surface area contributed by atoms with Crippen molar-refractivity contribution >= 4 is 0 Å². The van der Waals surface area contributed by atoms with E-state index in [2.05, 4.69) is 40.0 Å². The lowest BCUT2D eigenvalue weighted by molar-refractivity contribution is -0.0665. The predicted octanol–water partition coefficient (Wildman–Crippen LogP) is 6.70. The van der Waals surface area contributed by atoms with Gasteiger partial charge in [-0.1, -0.05) is 49.8 Å². The lowest BCUT2D eigenvalue weighted by Gasteiger charge is -2.60. The Morgan fingerprint density at radius 2 is 1.78 bits per heavy atom. The van der Waals surface area contributed by atoms with Crippen LogP contribution in [0.15, 0.2) is 36.0 Å². The van der Waals surface area contributed by atoms with Gasteiger partial charge in [0.15, 0.2) is 0 Å². The van der Waals surface area contributed by atoms with Crippen LogP contribution in [0.1, 0.15) is 72.1 Å². The Morgan fingerprint density at radius 3 is 2.52 bits per heavy atom. The minimum Gasteiger partial charge on any atom is -0.0995 e. The predicted molar refractivity (Wildman–Crippen MR) is 99.1 cm³/mol. The van der Waals surface area contributed by atoms with Gasteiger partial charge >= 0.3 is 0 Å². The van der Waals surface area contributed by atoms with Crippen LogP contribution in [0.2, 0.25) is 0 Å². The Kier molecular flexibility index (Phi) is 3.49. The molecule has 0 radical (unpaired) electrons. The molecule has 0 amide bonds. The average molecular weight is 311 g/mol. The van der Waals surface area contributed by atoms with Gasteiger partial charge in [-0.3, -0.25) is 0 Å². The van der Waals surface area contributed by atoms with Crippen molar-refractivity contribution < 1.29 is 0 Å². The molecule has 0 heterocycles. The first-order chi connectivity index (χ1) is 10.9. The quantitative estimate of drug-likeness (QED) is 0.437. The molecule has 0 aliphatic heterocycles. The van der Waals surface area contributed by atoms with Crippen LogP contribution in [0.3, 0.4) is 0 Å². The third-order valence-corrected chi connectivity index (χ3v) is 8.88. The van der Waals surface area contributed by atoms with Gasteiger partial charge in [0.1, 0.15) is 0 Å². The number of hydrogen-bond acceptors (Lipinski definition) is 0. The summed E-state index contributed by atoms with van der Waals surface area (Å²) in [5.41, 5.74) is 5.76. The molecule has 23 heavy (non-hydrogen) atoms. The minimum atomic E-state index is 0.438. The molecule has 0 aromatic carbocycles. The van der Waals surface area contributed by atoms with Crippen molar-refractivity contribution in [1.82, 2.24) is 0 Å². The summed E-state index contributed by atoms with van der Waals surface area (Å²) in [7, 11) is 0. The molecular weight excluding hydrogens is 276 g/mol. The highest BCUT2D eigenvalue weighted by molar-refractivity contribution is 5.27. The highest BCUT2D eigenvalue weighted by atomic mass is 14.6. The summed E-state index contributed by atoms with van der Waals surface area (Å²) in [5, 5.41) is 0. The summed E-state index contributed by atoms with van der Waals surface area (Å²) in [5.74, 6) is 3.44. The third-order valence-electron chi connectivity index (χ3n) is 8.88. The van der Waals surface area contributed by atoms with Crippen LogP contribution in [0.4, 0.5) is 0 Å². The molecule has 0 aromatic heterocycles. The van der Waals surface area contributed by atoms with E-state index in [0.29, 0.717) is 10.8 Å². The van der Waals surface area contributed by atoms with E-state index in [4.69, 9.17) is 0 Å². The lowest BCUT2D eigenvalue weighted by Crippen LogP contribution is -2.52. The maximum atomic E-state index is 4.61. The second kappa shape index (κ2) is 5.11. The van der Waals surface area contributed by atoms with Crippen LogP contribution in [0.5, 0.6) is 0 Å². The van der Waals surface area contributed by atoms with Gasteiger partial charge in [0.25, 0.3) is 0 Å². The van der Waals surface area contributed by atoms with E-state index in [9.17, 15) is 0 Å². The normalized spacial score (nSPS) is 51.3. The van der Waals surface area contributed by atoms with E-state index in [-0.39, 0.29) is 0 Å². The van der Waals surface area contributed by atoms with Crippen LogP contribution in [-0.2, 0) is 0 Å². The molecule has 0 nitrogen and oxygen atoms in total. The first kappa shape index (κ1) is 15.7. The van der Waals surface area contributed by atoms with Crippen molar-refractivity contribution in [2.45, 2.75) is 72.1 Å². The van der Waals surface area contributed by atoms with E-state index in [1.165, 1.54) is 51.4 Å². The summed E-state index contributed by atoms with van der Waals surface area (Å²) >= 11 is 0. The second-order valence-electron chi connectivity index (χ2n) is 9.55. The average Bonchev–Trinajstić information content (AvgIpc) is 2.83. The van der Waals surface area contributed by atoms with Crippen LogP contribution in [-0.4, -0.2) is 0 Å². The Morgan fingerprint density at radius 1 is 1.00 bits per heavy atom. The maximum absolute atomic E-state index is 4.61. The molecule has 0 saturated heterocycles. The fourth-order valence-corrected chi connectivity index (χ4v) is 7.26. The molecule has 126 valence electrons. The highest BCUT2D eigenvalue weighted by Gasteiger charge is 2.59. The van der Waals surface area contributed by atoms with Gasteiger partial charge in [0.2, 0.25) is 0 Å². The number of allylic oxidation sites excluding steroid dienone is 4. The summed E-state index contributed by atoms with van der Waals surface area (Å²) < 4.78 is 0. The molecule has 0 spiro atoms. The van der Waals surface area contributed by atoms with Crippen LogP contribution in [0, 0.1) is 34.5 Å². The largest absolute Gasteiger partial charge is 0.0995 e. The fraction of sp³-hybridized carbons (Fsp3) is 0.739. The van der Waals surface area contributed by atoms with Gasteiger partial charge in [0.05, 0.1) is 0 Å². The zero-order valence-electron chi connectivity index (χ0n) is 15.5. The van der Waals surface area contributed by atoms with Crippen LogP contribution >= 0.6 is 0 Å². The molecule has 6 unspecified atom stereocenters. The molecule has 0 bridgehead atoms. The smallest absolute Gasteiger partial charge is 0.00878 e. The highest BCUT2D eigenvalue weighted by Crippen LogP contribution is 2.68. The van der Waals surface area contributed by atoms with Crippen molar-refractivity contribution in [3.63, 3.8) is 0 Å². The van der Waals surface area contributed by atoms with E-state index in [0.717, 1.165) is 23.7 Å². The molecule has 4 fully saturated rings.